The van der Waals surface area contributed by atoms with Gasteiger partial charge in [-0.25, -0.2) is 0 Å². The van der Waals surface area contributed by atoms with Crippen LogP contribution in [0.4, 0.5) is 11.4 Å². The number of nitro benzene ring substituents is 2. The number of rotatable bonds is 2. The lowest BCUT2D eigenvalue weighted by Crippen LogP contribution is -1.99. The second-order valence-corrected chi connectivity index (χ2v) is 4.46. The van der Waals surface area contributed by atoms with E-state index in [9.17, 15) is 20.2 Å². The molecular weight excluding hydrogens is 248 g/mol. The van der Waals surface area contributed by atoms with Crippen LogP contribution in [-0.4, -0.2) is 22.2 Å². The lowest BCUT2D eigenvalue weighted by atomic mass is 10.2. The minimum Gasteiger partial charge on any atom is -0.492 e. The molecule has 2 rings (SSSR count). The number of benzene rings is 1. The molecule has 0 bridgehead atoms. The Bertz CT molecular complexity index is 491. The number of thioether (sulfide) groups is 1. The molecule has 0 radical (unpaired) electrons. The molecule has 0 saturated heterocycles. The standard InChI is InChI=1S/C9H8N2O5S/c12-10(13)6-4-7(11(14)15)9-8(5-6)16-2-1-3-17-9/h4-5H,1-3H2. The number of hydrogen-bond donors (Lipinski definition) is 0. The van der Waals surface area contributed by atoms with Crippen LogP contribution >= 0.6 is 11.8 Å². The van der Waals surface area contributed by atoms with E-state index in [0.29, 0.717) is 17.3 Å². The molecule has 0 unspecified atom stereocenters. The second kappa shape index (κ2) is 4.58. The van der Waals surface area contributed by atoms with Crippen molar-refractivity contribution in [3.63, 3.8) is 0 Å². The van der Waals surface area contributed by atoms with Gasteiger partial charge in [0.25, 0.3) is 11.4 Å². The summed E-state index contributed by atoms with van der Waals surface area (Å²) in [6, 6.07) is 2.21. The second-order valence-electron chi connectivity index (χ2n) is 3.36. The van der Waals surface area contributed by atoms with Gasteiger partial charge in [0.1, 0.15) is 10.6 Å². The minimum atomic E-state index is -0.661. The van der Waals surface area contributed by atoms with E-state index in [-0.39, 0.29) is 17.1 Å². The molecule has 0 aliphatic carbocycles. The zero-order chi connectivity index (χ0) is 12.4. The molecule has 1 aromatic rings. The SMILES string of the molecule is O=[N+]([O-])c1cc2c(c([N+](=O)[O-])c1)SCCCO2. The summed E-state index contributed by atoms with van der Waals surface area (Å²) in [5, 5.41) is 21.5. The van der Waals surface area contributed by atoms with Gasteiger partial charge in [-0.3, -0.25) is 20.2 Å². The summed E-state index contributed by atoms with van der Waals surface area (Å²) in [5.41, 5.74) is -0.584. The first-order chi connectivity index (χ1) is 8.09. The molecule has 0 spiro atoms. The van der Waals surface area contributed by atoms with Crippen LogP contribution in [0.1, 0.15) is 6.42 Å². The zero-order valence-corrected chi connectivity index (χ0v) is 9.44. The first-order valence-electron chi connectivity index (χ1n) is 4.82. The van der Waals surface area contributed by atoms with E-state index in [1.54, 1.807) is 0 Å². The van der Waals surface area contributed by atoms with Gasteiger partial charge in [-0.15, -0.1) is 11.8 Å². The van der Waals surface area contributed by atoms with E-state index in [1.165, 1.54) is 17.8 Å². The maximum Gasteiger partial charge on any atom is 0.293 e. The fraction of sp³-hybridized carbons (Fsp3) is 0.333. The lowest BCUT2D eigenvalue weighted by Gasteiger charge is -2.06. The van der Waals surface area contributed by atoms with Crippen molar-refractivity contribution < 1.29 is 14.6 Å². The maximum absolute atomic E-state index is 10.9. The molecule has 0 amide bonds. The van der Waals surface area contributed by atoms with Gasteiger partial charge in [0, 0.05) is 5.75 Å². The first kappa shape index (κ1) is 11.6. The molecule has 0 N–H and O–H groups in total. The predicted octanol–water partition coefficient (Wildman–Crippen LogP) is 2.38. The Morgan fingerprint density at radius 2 is 2.00 bits per heavy atom. The molecule has 8 heteroatoms. The maximum atomic E-state index is 10.9. The van der Waals surface area contributed by atoms with E-state index >= 15 is 0 Å². The summed E-state index contributed by atoms with van der Waals surface area (Å²) < 4.78 is 5.30. The van der Waals surface area contributed by atoms with Crippen molar-refractivity contribution in [1.29, 1.82) is 0 Å². The van der Waals surface area contributed by atoms with Gasteiger partial charge in [-0.1, -0.05) is 0 Å². The monoisotopic (exact) mass is 256 g/mol. The number of nitro groups is 2. The number of hydrogen-bond acceptors (Lipinski definition) is 6. The summed E-state index contributed by atoms with van der Waals surface area (Å²) >= 11 is 1.30. The van der Waals surface area contributed by atoms with Gasteiger partial charge >= 0.3 is 0 Å². The third-order valence-electron chi connectivity index (χ3n) is 2.22. The molecule has 1 aliphatic heterocycles. The molecule has 17 heavy (non-hydrogen) atoms. The van der Waals surface area contributed by atoms with Gasteiger partial charge in [-0.2, -0.15) is 0 Å². The predicted molar refractivity (Wildman–Crippen MR) is 60.6 cm³/mol. The highest BCUT2D eigenvalue weighted by atomic mass is 32.2. The Kier molecular flexibility index (Phi) is 3.14. The van der Waals surface area contributed by atoms with E-state index in [2.05, 4.69) is 0 Å². The van der Waals surface area contributed by atoms with E-state index in [1.807, 2.05) is 0 Å². The van der Waals surface area contributed by atoms with Crippen molar-refractivity contribution in [2.75, 3.05) is 12.4 Å². The van der Waals surface area contributed by atoms with E-state index in [0.717, 1.165) is 12.5 Å². The molecule has 7 nitrogen and oxygen atoms in total. The summed E-state index contributed by atoms with van der Waals surface area (Å²) in [5.74, 6) is 0.930. The number of fused-ring (bicyclic) bond motifs is 1. The van der Waals surface area contributed by atoms with Crippen LogP contribution in [0.15, 0.2) is 17.0 Å². The average molecular weight is 256 g/mol. The fourth-order valence-electron chi connectivity index (χ4n) is 1.48. The molecule has 1 aromatic carbocycles. The normalized spacial score (nSPS) is 14.4. The fourth-order valence-corrected chi connectivity index (χ4v) is 2.49. The van der Waals surface area contributed by atoms with Crippen molar-refractivity contribution in [2.45, 2.75) is 11.3 Å². The molecule has 0 atom stereocenters. The smallest absolute Gasteiger partial charge is 0.293 e. The highest BCUT2D eigenvalue weighted by Crippen LogP contribution is 2.42. The van der Waals surface area contributed by atoms with E-state index in [4.69, 9.17) is 4.74 Å². The van der Waals surface area contributed by atoms with Crippen LogP contribution in [-0.2, 0) is 0 Å². The largest absolute Gasteiger partial charge is 0.492 e. The highest BCUT2D eigenvalue weighted by molar-refractivity contribution is 7.99. The van der Waals surface area contributed by atoms with Crippen LogP contribution in [0.2, 0.25) is 0 Å². The summed E-state index contributed by atoms with van der Waals surface area (Å²) in [6.45, 7) is 0.415. The number of ether oxygens (including phenoxy) is 1. The van der Waals surface area contributed by atoms with Gasteiger partial charge in [0.2, 0.25) is 0 Å². The van der Waals surface area contributed by atoms with Crippen molar-refractivity contribution in [2.24, 2.45) is 0 Å². The quantitative estimate of drug-likeness (QED) is 0.595. The zero-order valence-electron chi connectivity index (χ0n) is 8.62. The highest BCUT2D eigenvalue weighted by Gasteiger charge is 2.26. The third-order valence-corrected chi connectivity index (χ3v) is 3.41. The van der Waals surface area contributed by atoms with Crippen LogP contribution in [0.5, 0.6) is 5.75 Å². The topological polar surface area (TPSA) is 95.5 Å². The molecule has 1 heterocycles. The Morgan fingerprint density at radius 3 is 2.65 bits per heavy atom. The van der Waals surface area contributed by atoms with Crippen LogP contribution < -0.4 is 4.74 Å². The minimum absolute atomic E-state index is 0.230. The Labute approximate surface area is 100 Å². The molecule has 0 fully saturated rings. The van der Waals surface area contributed by atoms with Crippen molar-refractivity contribution in [1.82, 2.24) is 0 Å². The van der Waals surface area contributed by atoms with Crippen LogP contribution in [0, 0.1) is 20.2 Å². The van der Waals surface area contributed by atoms with Crippen molar-refractivity contribution >= 4 is 23.1 Å². The first-order valence-corrected chi connectivity index (χ1v) is 5.80. The lowest BCUT2D eigenvalue weighted by molar-refractivity contribution is -0.396. The Morgan fingerprint density at radius 1 is 1.24 bits per heavy atom. The van der Waals surface area contributed by atoms with Gasteiger partial charge < -0.3 is 4.74 Å². The number of non-ortho nitro benzene ring substituents is 1. The van der Waals surface area contributed by atoms with Gasteiger partial charge in [0.15, 0.2) is 0 Å². The molecule has 90 valence electrons. The average Bonchev–Trinajstić information content (AvgIpc) is 2.51. The van der Waals surface area contributed by atoms with Gasteiger partial charge in [-0.05, 0) is 6.42 Å². The van der Waals surface area contributed by atoms with Crippen molar-refractivity contribution in [3.8, 4) is 5.75 Å². The summed E-state index contributed by atoms with van der Waals surface area (Å²) in [4.78, 5) is 20.6. The molecular formula is C9H8N2O5S. The Hall–Kier alpha value is -1.83. The summed E-state index contributed by atoms with van der Waals surface area (Å²) in [6.07, 6.45) is 0.754. The number of nitrogens with zero attached hydrogens (tertiary/aromatic N) is 2. The van der Waals surface area contributed by atoms with Crippen molar-refractivity contribution in [3.05, 3.63) is 32.4 Å². The van der Waals surface area contributed by atoms with E-state index < -0.39 is 9.85 Å². The van der Waals surface area contributed by atoms with Gasteiger partial charge in [0.05, 0.1) is 28.6 Å². The van der Waals surface area contributed by atoms with Crippen LogP contribution in [0.3, 0.4) is 0 Å². The summed E-state index contributed by atoms with van der Waals surface area (Å²) in [7, 11) is 0. The molecule has 0 aromatic heterocycles. The Balaban J connectivity index is 2.59. The molecule has 0 saturated carbocycles. The third kappa shape index (κ3) is 2.31. The molecule has 1 aliphatic rings. The van der Waals surface area contributed by atoms with Crippen LogP contribution in [0.25, 0.3) is 0 Å².